The first-order valence-electron chi connectivity index (χ1n) is 18.9. The summed E-state index contributed by atoms with van der Waals surface area (Å²) < 4.78 is 33.6. The third kappa shape index (κ3) is 8.14. The molecule has 1 N–H and O–H groups in total. The van der Waals surface area contributed by atoms with Crippen molar-refractivity contribution in [2.24, 2.45) is 17.8 Å². The van der Waals surface area contributed by atoms with E-state index in [9.17, 15) is 18.0 Å². The molecule has 51 heavy (non-hydrogen) atoms. The minimum Gasteiger partial charge on any atom is -0.497 e. The Kier molecular flexibility index (Phi) is 10.5. The fraction of sp³-hybridized carbons (Fsp3) is 0.524. The maximum absolute atomic E-state index is 14.7. The molecular weight excluding hydrogens is 659 g/mol. The number of anilines is 1. The molecule has 8 rings (SSSR count). The minimum atomic E-state index is -3.85. The predicted octanol–water partition coefficient (Wildman–Crippen LogP) is 7.02. The zero-order valence-electron chi connectivity index (χ0n) is 30.1. The second kappa shape index (κ2) is 15.0. The van der Waals surface area contributed by atoms with Crippen LogP contribution in [0.15, 0.2) is 78.9 Å². The molecular formula is C42H53N3O5S. The molecule has 1 atom stereocenters. The summed E-state index contributed by atoms with van der Waals surface area (Å²) in [5.74, 6) is 2.39. The molecule has 3 aromatic rings. The average Bonchev–Trinajstić information content (AvgIpc) is 3.12. The van der Waals surface area contributed by atoms with E-state index in [1.165, 1.54) is 48.4 Å². The number of sulfonamides is 1. The van der Waals surface area contributed by atoms with E-state index >= 15 is 0 Å². The standard InChI is InChI=1S/C42H53N3O5S/c1-50-38-15-9-12-31(23-38)28-44(39(24-30-10-5-3-6-11-30)41(47)43-36-13-7-4-8-14-36)40(46)29-45(51(2,48)49)37-18-16-35(17-19-37)42-25-32-20-33(26-42)22-34(21-32)27-42/h3,5-6,9-12,15-19,23,32-34,36,39H,4,7-8,13-14,20-22,24-29H2,1-2H3,(H,43,47). The number of methoxy groups -OCH3 is 1. The van der Waals surface area contributed by atoms with Crippen LogP contribution in [0.4, 0.5) is 5.69 Å². The molecule has 0 aliphatic heterocycles. The Hall–Kier alpha value is -3.85. The molecule has 0 saturated heterocycles. The van der Waals surface area contributed by atoms with Gasteiger partial charge in [0.25, 0.3) is 0 Å². The Bertz CT molecular complexity index is 1750. The lowest BCUT2D eigenvalue weighted by molar-refractivity contribution is -0.140. The summed E-state index contributed by atoms with van der Waals surface area (Å²) >= 11 is 0. The van der Waals surface area contributed by atoms with Gasteiger partial charge in [-0.15, -0.1) is 0 Å². The quantitative estimate of drug-likeness (QED) is 0.206. The van der Waals surface area contributed by atoms with E-state index in [2.05, 4.69) is 17.4 Å². The second-order valence-corrected chi connectivity index (χ2v) is 17.8. The van der Waals surface area contributed by atoms with Crippen molar-refractivity contribution < 1.29 is 22.7 Å². The maximum atomic E-state index is 14.7. The van der Waals surface area contributed by atoms with Gasteiger partial charge >= 0.3 is 0 Å². The van der Waals surface area contributed by atoms with Gasteiger partial charge in [0.15, 0.2) is 0 Å². The van der Waals surface area contributed by atoms with Gasteiger partial charge in [0, 0.05) is 19.0 Å². The number of carbonyl (C=O) groups is 2. The van der Waals surface area contributed by atoms with E-state index in [4.69, 9.17) is 4.74 Å². The lowest BCUT2D eigenvalue weighted by Gasteiger charge is -2.57. The summed E-state index contributed by atoms with van der Waals surface area (Å²) in [6, 6.07) is 24.3. The van der Waals surface area contributed by atoms with Crippen molar-refractivity contribution in [2.75, 3.05) is 24.2 Å². The van der Waals surface area contributed by atoms with Crippen LogP contribution in [0.25, 0.3) is 0 Å². The molecule has 8 nitrogen and oxygen atoms in total. The first-order chi connectivity index (χ1) is 24.6. The van der Waals surface area contributed by atoms with Crippen LogP contribution in [-0.4, -0.2) is 57.1 Å². The molecule has 5 fully saturated rings. The molecule has 9 heteroatoms. The molecule has 272 valence electrons. The maximum Gasteiger partial charge on any atom is 0.244 e. The molecule has 0 heterocycles. The molecule has 0 aromatic heterocycles. The van der Waals surface area contributed by atoms with Crippen molar-refractivity contribution in [1.29, 1.82) is 0 Å². The summed E-state index contributed by atoms with van der Waals surface area (Å²) in [7, 11) is -2.26. The Morgan fingerprint density at radius 3 is 2.08 bits per heavy atom. The third-order valence-electron chi connectivity index (χ3n) is 12.2. The zero-order valence-corrected chi connectivity index (χ0v) is 31.0. The highest BCUT2D eigenvalue weighted by Gasteiger charge is 2.51. The largest absolute Gasteiger partial charge is 0.497 e. The molecule has 5 aliphatic rings. The van der Waals surface area contributed by atoms with Crippen LogP contribution in [0.3, 0.4) is 0 Å². The first-order valence-corrected chi connectivity index (χ1v) is 20.8. The Balaban J connectivity index is 1.19. The van der Waals surface area contributed by atoms with Crippen molar-refractivity contribution in [3.8, 4) is 5.75 Å². The monoisotopic (exact) mass is 711 g/mol. The van der Waals surface area contributed by atoms with Crippen molar-refractivity contribution in [3.05, 3.63) is 95.6 Å². The van der Waals surface area contributed by atoms with E-state index in [0.717, 1.165) is 67.2 Å². The van der Waals surface area contributed by atoms with Gasteiger partial charge in [-0.25, -0.2) is 8.42 Å². The van der Waals surface area contributed by atoms with E-state index < -0.39 is 28.5 Å². The summed E-state index contributed by atoms with van der Waals surface area (Å²) in [6.07, 6.45) is 14.3. The fourth-order valence-electron chi connectivity index (χ4n) is 10.1. The molecule has 0 radical (unpaired) electrons. The van der Waals surface area contributed by atoms with Crippen molar-refractivity contribution in [2.45, 2.75) is 101 Å². The smallest absolute Gasteiger partial charge is 0.244 e. The van der Waals surface area contributed by atoms with Gasteiger partial charge in [-0.2, -0.15) is 0 Å². The van der Waals surface area contributed by atoms with Crippen LogP contribution in [0.2, 0.25) is 0 Å². The van der Waals surface area contributed by atoms with Gasteiger partial charge in [-0.05, 0) is 115 Å². The van der Waals surface area contributed by atoms with E-state index in [1.54, 1.807) is 12.0 Å². The summed E-state index contributed by atoms with van der Waals surface area (Å²) in [6.45, 7) is -0.296. The fourth-order valence-corrected chi connectivity index (χ4v) is 11.0. The highest BCUT2D eigenvalue weighted by atomic mass is 32.2. The Labute approximate surface area is 304 Å². The van der Waals surface area contributed by atoms with Crippen LogP contribution in [0.1, 0.15) is 87.3 Å². The lowest BCUT2D eigenvalue weighted by Crippen LogP contribution is -2.55. The number of ether oxygens (including phenoxy) is 1. The highest BCUT2D eigenvalue weighted by Crippen LogP contribution is 2.60. The number of nitrogens with one attached hydrogen (secondary N) is 1. The van der Waals surface area contributed by atoms with Crippen molar-refractivity contribution >= 4 is 27.5 Å². The van der Waals surface area contributed by atoms with Gasteiger partial charge in [-0.3, -0.25) is 13.9 Å². The van der Waals surface area contributed by atoms with Crippen LogP contribution >= 0.6 is 0 Å². The number of nitrogens with zero attached hydrogens (tertiary/aromatic N) is 2. The number of benzene rings is 3. The second-order valence-electron chi connectivity index (χ2n) is 15.9. The first kappa shape index (κ1) is 35.5. The molecule has 3 aromatic carbocycles. The van der Waals surface area contributed by atoms with Gasteiger partial charge in [0.1, 0.15) is 18.3 Å². The van der Waals surface area contributed by atoms with E-state index in [1.807, 2.05) is 66.7 Å². The summed E-state index contributed by atoms with van der Waals surface area (Å²) in [5, 5.41) is 3.27. The number of amides is 2. The Morgan fingerprint density at radius 1 is 0.843 bits per heavy atom. The minimum absolute atomic E-state index is 0.0540. The average molecular weight is 712 g/mol. The van der Waals surface area contributed by atoms with Gasteiger partial charge < -0.3 is 15.0 Å². The van der Waals surface area contributed by atoms with Gasteiger partial charge in [0.2, 0.25) is 21.8 Å². The van der Waals surface area contributed by atoms with Crippen molar-refractivity contribution in [1.82, 2.24) is 10.2 Å². The third-order valence-corrected chi connectivity index (χ3v) is 13.3. The number of rotatable bonds is 13. The summed E-state index contributed by atoms with van der Waals surface area (Å²) in [5.41, 5.74) is 3.66. The van der Waals surface area contributed by atoms with Crippen LogP contribution in [0.5, 0.6) is 5.75 Å². The number of carbonyl (C=O) groups excluding carboxylic acids is 2. The van der Waals surface area contributed by atoms with Crippen LogP contribution in [0, 0.1) is 17.8 Å². The van der Waals surface area contributed by atoms with Crippen LogP contribution < -0.4 is 14.4 Å². The molecule has 4 bridgehead atoms. The van der Waals surface area contributed by atoms with Gasteiger partial charge in [-0.1, -0.05) is 73.9 Å². The van der Waals surface area contributed by atoms with E-state index in [-0.39, 0.29) is 23.9 Å². The normalized spacial score (nSPS) is 24.9. The van der Waals surface area contributed by atoms with Crippen LogP contribution in [-0.2, 0) is 38.0 Å². The topological polar surface area (TPSA) is 96.0 Å². The van der Waals surface area contributed by atoms with E-state index in [0.29, 0.717) is 17.9 Å². The zero-order chi connectivity index (χ0) is 35.6. The summed E-state index contributed by atoms with van der Waals surface area (Å²) in [4.78, 5) is 30.5. The molecule has 5 saturated carbocycles. The predicted molar refractivity (Wildman–Crippen MR) is 201 cm³/mol. The SMILES string of the molecule is COc1cccc(CN(C(=O)CN(c2ccc(C34CC5CC(CC(C5)C3)C4)cc2)S(C)(=O)=O)C(Cc2ccccc2)C(=O)NC2CCCCC2)c1. The van der Waals surface area contributed by atoms with Gasteiger partial charge in [0.05, 0.1) is 19.1 Å². The molecule has 2 amide bonds. The van der Waals surface area contributed by atoms with Crippen molar-refractivity contribution in [3.63, 3.8) is 0 Å². The molecule has 1 unspecified atom stereocenters. The molecule has 0 spiro atoms. The Morgan fingerprint density at radius 2 is 1.47 bits per heavy atom. The number of hydrogen-bond acceptors (Lipinski definition) is 5. The molecule has 5 aliphatic carbocycles. The highest BCUT2D eigenvalue weighted by molar-refractivity contribution is 7.92. The number of hydrogen-bond donors (Lipinski definition) is 1. The lowest BCUT2D eigenvalue weighted by atomic mass is 9.48.